The fourth-order valence-electron chi connectivity index (χ4n) is 4.83. The highest BCUT2D eigenvalue weighted by atomic mass is 16.5. The van der Waals surface area contributed by atoms with Gasteiger partial charge in [-0.15, -0.1) is 0 Å². The Morgan fingerprint density at radius 1 is 1.03 bits per heavy atom. The van der Waals surface area contributed by atoms with Crippen molar-refractivity contribution in [2.45, 2.75) is 51.6 Å². The van der Waals surface area contributed by atoms with Gasteiger partial charge < -0.3 is 24.3 Å². The van der Waals surface area contributed by atoms with Crippen molar-refractivity contribution in [3.8, 4) is 11.5 Å². The molecule has 1 N–H and O–H groups in total. The third kappa shape index (κ3) is 5.75. The van der Waals surface area contributed by atoms with Crippen molar-refractivity contribution in [3.05, 3.63) is 69.2 Å². The van der Waals surface area contributed by atoms with E-state index in [1.165, 1.54) is 25.2 Å². The van der Waals surface area contributed by atoms with E-state index in [4.69, 9.17) is 9.47 Å². The molecule has 2 amide bonds. The van der Waals surface area contributed by atoms with Gasteiger partial charge in [0.05, 0.1) is 14.2 Å². The summed E-state index contributed by atoms with van der Waals surface area (Å²) >= 11 is 0. The average molecular weight is 480 g/mol. The van der Waals surface area contributed by atoms with Crippen LogP contribution in [0, 0.1) is 0 Å². The maximum Gasteiger partial charge on any atom is 0.257 e. The summed E-state index contributed by atoms with van der Waals surface area (Å²) in [5, 5.41) is 2.94. The standard InChI is InChI=1S/C27H33N3O5/c1-34-21-10-6-9-20(15-21)18-28-27(33)26-22-11-12-29(24(31)16-19-7-4-3-5-8-19)13-14-30(22)25(32)17-23(26)35-2/h6-7,9-10,15,17H,3-5,8,11-14,16,18H2,1-2H3,(H,28,33). The van der Waals surface area contributed by atoms with Crippen molar-refractivity contribution < 1.29 is 19.1 Å². The van der Waals surface area contributed by atoms with Crippen molar-refractivity contribution in [2.24, 2.45) is 0 Å². The molecule has 4 rings (SSSR count). The number of hydrogen-bond donors (Lipinski definition) is 1. The van der Waals surface area contributed by atoms with Crippen LogP contribution in [0.15, 0.2) is 46.8 Å². The molecule has 8 heteroatoms. The number of carbonyl (C=O) groups is 2. The van der Waals surface area contributed by atoms with Crippen molar-refractivity contribution in [1.29, 1.82) is 0 Å². The molecule has 1 aliphatic carbocycles. The van der Waals surface area contributed by atoms with E-state index in [1.54, 1.807) is 11.7 Å². The number of aromatic nitrogens is 1. The Kier molecular flexibility index (Phi) is 7.90. The Hall–Kier alpha value is -3.55. The van der Waals surface area contributed by atoms with E-state index in [0.29, 0.717) is 56.0 Å². The van der Waals surface area contributed by atoms with E-state index < -0.39 is 0 Å². The second-order valence-corrected chi connectivity index (χ2v) is 8.97. The molecule has 0 saturated carbocycles. The number of ether oxygens (including phenoxy) is 2. The number of nitrogens with zero attached hydrogens (tertiary/aromatic N) is 2. The molecule has 0 fully saturated rings. The first kappa shape index (κ1) is 24.6. The predicted molar refractivity (Wildman–Crippen MR) is 133 cm³/mol. The molecule has 1 aromatic heterocycles. The molecule has 35 heavy (non-hydrogen) atoms. The van der Waals surface area contributed by atoms with Crippen LogP contribution in [-0.4, -0.2) is 48.6 Å². The normalized spacial score (nSPS) is 15.5. The summed E-state index contributed by atoms with van der Waals surface area (Å²) in [6, 6.07) is 8.83. The van der Waals surface area contributed by atoms with Crippen molar-refractivity contribution in [2.75, 3.05) is 27.3 Å². The van der Waals surface area contributed by atoms with Gasteiger partial charge in [-0.3, -0.25) is 14.4 Å². The number of carbonyl (C=O) groups excluding carboxylic acids is 2. The Bertz CT molecular complexity index is 1180. The van der Waals surface area contributed by atoms with Crippen molar-refractivity contribution in [1.82, 2.24) is 14.8 Å². The summed E-state index contributed by atoms with van der Waals surface area (Å²) in [4.78, 5) is 40.9. The van der Waals surface area contributed by atoms with Gasteiger partial charge in [-0.2, -0.15) is 0 Å². The number of amides is 2. The molecule has 0 atom stereocenters. The molecule has 2 aromatic rings. The second kappa shape index (κ2) is 11.3. The van der Waals surface area contributed by atoms with Crippen LogP contribution in [0.5, 0.6) is 11.5 Å². The van der Waals surface area contributed by atoms with Gasteiger partial charge in [-0.1, -0.05) is 23.8 Å². The molecule has 0 spiro atoms. The minimum absolute atomic E-state index is 0.0787. The third-order valence-corrected chi connectivity index (χ3v) is 6.74. The van der Waals surface area contributed by atoms with Crippen LogP contribution in [0.4, 0.5) is 0 Å². The molecule has 2 aliphatic rings. The fourth-order valence-corrected chi connectivity index (χ4v) is 4.83. The average Bonchev–Trinajstić information content (AvgIpc) is 3.11. The molecule has 1 aromatic carbocycles. The zero-order chi connectivity index (χ0) is 24.8. The molecule has 0 saturated heterocycles. The first-order valence-corrected chi connectivity index (χ1v) is 12.2. The summed E-state index contributed by atoms with van der Waals surface area (Å²) in [6.07, 6.45) is 7.36. The Labute approximate surface area is 205 Å². The zero-order valence-corrected chi connectivity index (χ0v) is 20.5. The lowest BCUT2D eigenvalue weighted by molar-refractivity contribution is -0.130. The van der Waals surface area contributed by atoms with E-state index in [2.05, 4.69) is 11.4 Å². The molecule has 8 nitrogen and oxygen atoms in total. The minimum atomic E-state index is -0.319. The summed E-state index contributed by atoms with van der Waals surface area (Å²) in [7, 11) is 3.05. The summed E-state index contributed by atoms with van der Waals surface area (Å²) in [5.74, 6) is 0.718. The van der Waals surface area contributed by atoms with Gasteiger partial charge in [0.25, 0.3) is 11.5 Å². The zero-order valence-electron chi connectivity index (χ0n) is 20.5. The van der Waals surface area contributed by atoms with Crippen molar-refractivity contribution in [3.63, 3.8) is 0 Å². The van der Waals surface area contributed by atoms with Crippen LogP contribution in [0.2, 0.25) is 0 Å². The van der Waals surface area contributed by atoms with E-state index in [0.717, 1.165) is 24.8 Å². The smallest absolute Gasteiger partial charge is 0.257 e. The maximum atomic E-state index is 13.3. The summed E-state index contributed by atoms with van der Waals surface area (Å²) in [6.45, 7) is 1.54. The van der Waals surface area contributed by atoms with Gasteiger partial charge >= 0.3 is 0 Å². The van der Waals surface area contributed by atoms with Crippen LogP contribution in [0.25, 0.3) is 0 Å². The van der Waals surface area contributed by atoms with Crippen LogP contribution in [-0.2, 0) is 24.3 Å². The molecule has 186 valence electrons. The van der Waals surface area contributed by atoms with E-state index in [9.17, 15) is 14.4 Å². The Morgan fingerprint density at radius 2 is 1.89 bits per heavy atom. The first-order valence-electron chi connectivity index (χ1n) is 12.2. The summed E-state index contributed by atoms with van der Waals surface area (Å²) in [5.41, 5.74) is 2.82. The topological polar surface area (TPSA) is 89.9 Å². The van der Waals surface area contributed by atoms with Gasteiger partial charge in [0, 0.05) is 50.8 Å². The van der Waals surface area contributed by atoms with Crippen LogP contribution in [0.1, 0.15) is 53.7 Å². The Morgan fingerprint density at radius 3 is 2.63 bits per heavy atom. The molecule has 0 radical (unpaired) electrons. The Balaban J connectivity index is 1.53. The molecular weight excluding hydrogens is 446 g/mol. The van der Waals surface area contributed by atoms with Gasteiger partial charge in [-0.25, -0.2) is 0 Å². The molecule has 1 aliphatic heterocycles. The lowest BCUT2D eigenvalue weighted by Crippen LogP contribution is -2.34. The second-order valence-electron chi connectivity index (χ2n) is 8.97. The van der Waals surface area contributed by atoms with Crippen LogP contribution >= 0.6 is 0 Å². The van der Waals surface area contributed by atoms with Crippen LogP contribution in [0.3, 0.4) is 0 Å². The van der Waals surface area contributed by atoms with E-state index in [-0.39, 0.29) is 23.1 Å². The van der Waals surface area contributed by atoms with E-state index in [1.807, 2.05) is 29.2 Å². The number of nitrogens with one attached hydrogen (secondary N) is 1. The summed E-state index contributed by atoms with van der Waals surface area (Å²) < 4.78 is 12.3. The number of fused-ring (bicyclic) bond motifs is 1. The quantitative estimate of drug-likeness (QED) is 0.617. The number of pyridine rings is 1. The molecular formula is C27H33N3O5. The van der Waals surface area contributed by atoms with Gasteiger partial charge in [0.15, 0.2) is 0 Å². The number of allylic oxidation sites excluding steroid dienone is 1. The molecule has 0 bridgehead atoms. The largest absolute Gasteiger partial charge is 0.497 e. The monoisotopic (exact) mass is 479 g/mol. The van der Waals surface area contributed by atoms with E-state index >= 15 is 0 Å². The molecule has 0 unspecified atom stereocenters. The number of hydrogen-bond acceptors (Lipinski definition) is 5. The molecule has 2 heterocycles. The highest BCUT2D eigenvalue weighted by Gasteiger charge is 2.27. The SMILES string of the molecule is COc1cccc(CNC(=O)c2c(OC)cc(=O)n3c2CCN(C(=O)CC2=CCCCC2)CC3)c1. The highest BCUT2D eigenvalue weighted by molar-refractivity contribution is 5.98. The van der Waals surface area contributed by atoms with Gasteiger partial charge in [0.1, 0.15) is 17.1 Å². The third-order valence-electron chi connectivity index (χ3n) is 6.74. The highest BCUT2D eigenvalue weighted by Crippen LogP contribution is 2.25. The first-order chi connectivity index (χ1) is 17.0. The van der Waals surface area contributed by atoms with Crippen LogP contribution < -0.4 is 20.3 Å². The van der Waals surface area contributed by atoms with Gasteiger partial charge in [-0.05, 0) is 43.4 Å². The van der Waals surface area contributed by atoms with Crippen molar-refractivity contribution >= 4 is 11.8 Å². The number of benzene rings is 1. The maximum absolute atomic E-state index is 13.3. The lowest BCUT2D eigenvalue weighted by atomic mass is 9.97. The minimum Gasteiger partial charge on any atom is -0.497 e. The number of methoxy groups -OCH3 is 2. The van der Waals surface area contributed by atoms with Gasteiger partial charge in [0.2, 0.25) is 5.91 Å². The fraction of sp³-hybridized carbons (Fsp3) is 0.444. The number of rotatable bonds is 7. The lowest BCUT2D eigenvalue weighted by Gasteiger charge is -2.21. The predicted octanol–water partition coefficient (Wildman–Crippen LogP) is 3.07.